The number of nitriles is 1. The van der Waals surface area contributed by atoms with Crippen molar-refractivity contribution in [1.29, 1.82) is 5.26 Å². The summed E-state index contributed by atoms with van der Waals surface area (Å²) in [4.78, 5) is 25.4. The van der Waals surface area contributed by atoms with Crippen LogP contribution in [0, 0.1) is 17.2 Å². The fourth-order valence-electron chi connectivity index (χ4n) is 1.95. The molecule has 1 amide bonds. The maximum absolute atomic E-state index is 12.4. The van der Waals surface area contributed by atoms with Crippen molar-refractivity contribution in [1.82, 2.24) is 5.32 Å². The van der Waals surface area contributed by atoms with Crippen molar-refractivity contribution in [2.45, 2.75) is 43.4 Å². The summed E-state index contributed by atoms with van der Waals surface area (Å²) in [7, 11) is 0. The largest absolute Gasteiger partial charge is 0.379 e. The number of ketones is 1. The van der Waals surface area contributed by atoms with Crippen LogP contribution in [0.4, 0.5) is 0 Å². The lowest BCUT2D eigenvalue weighted by Gasteiger charge is -2.14. The minimum atomic E-state index is -1.28. The van der Waals surface area contributed by atoms with Gasteiger partial charge in [0.25, 0.3) is 0 Å². The zero-order valence-electron chi connectivity index (χ0n) is 14.3. The summed E-state index contributed by atoms with van der Waals surface area (Å²) in [6.07, 6.45) is 0.787. The molecule has 0 heterocycles. The number of amides is 1. The fourth-order valence-corrected chi connectivity index (χ4v) is 2.93. The van der Waals surface area contributed by atoms with E-state index in [-0.39, 0.29) is 11.9 Å². The minimum Gasteiger partial charge on any atom is -0.379 e. The van der Waals surface area contributed by atoms with Crippen molar-refractivity contribution < 1.29 is 14.3 Å². The van der Waals surface area contributed by atoms with E-state index in [4.69, 9.17) is 4.74 Å². The van der Waals surface area contributed by atoms with E-state index in [2.05, 4.69) is 5.32 Å². The van der Waals surface area contributed by atoms with Crippen LogP contribution in [-0.4, -0.2) is 36.2 Å². The lowest BCUT2D eigenvalue weighted by molar-refractivity contribution is -0.131. The Morgan fingerprint density at radius 2 is 1.92 bits per heavy atom. The summed E-state index contributed by atoms with van der Waals surface area (Å²) in [6, 6.07) is 11.3. The summed E-state index contributed by atoms with van der Waals surface area (Å²) >= 11 is 1.35. The molecule has 1 aromatic rings. The third-order valence-corrected chi connectivity index (χ3v) is 4.33. The molecule has 0 aliphatic carbocycles. The van der Waals surface area contributed by atoms with Gasteiger partial charge in [0.05, 0.1) is 17.4 Å². The van der Waals surface area contributed by atoms with Crippen LogP contribution in [0.5, 0.6) is 0 Å². The predicted octanol–water partition coefficient (Wildman–Crippen LogP) is 2.81. The Kier molecular flexibility index (Phi) is 9.13. The van der Waals surface area contributed by atoms with E-state index in [0.29, 0.717) is 19.6 Å². The van der Waals surface area contributed by atoms with Gasteiger partial charge in [0.15, 0.2) is 11.7 Å². The SMILES string of the molecule is CC(C)OCCCNC(=O)C(C#N)C(=O)C(C)Sc1ccccc1. The Morgan fingerprint density at radius 3 is 2.50 bits per heavy atom. The van der Waals surface area contributed by atoms with E-state index >= 15 is 0 Å². The first kappa shape index (κ1) is 20.2. The number of hydrogen-bond acceptors (Lipinski definition) is 5. The highest BCUT2D eigenvalue weighted by molar-refractivity contribution is 8.00. The van der Waals surface area contributed by atoms with Crippen LogP contribution in [-0.2, 0) is 14.3 Å². The molecule has 0 radical (unpaired) electrons. The molecular weight excluding hydrogens is 324 g/mol. The number of Topliss-reactive ketones (excluding diaryl/α,β-unsaturated/α-hetero) is 1. The molecule has 5 nitrogen and oxygen atoms in total. The van der Waals surface area contributed by atoms with Crippen LogP contribution in [0.25, 0.3) is 0 Å². The van der Waals surface area contributed by atoms with Gasteiger partial charge in [-0.2, -0.15) is 5.26 Å². The molecule has 1 rings (SSSR count). The number of nitrogens with one attached hydrogen (secondary N) is 1. The molecule has 0 spiro atoms. The van der Waals surface area contributed by atoms with Gasteiger partial charge in [-0.1, -0.05) is 18.2 Å². The van der Waals surface area contributed by atoms with Crippen LogP contribution in [0.3, 0.4) is 0 Å². The second kappa shape index (κ2) is 10.8. The van der Waals surface area contributed by atoms with Crippen LogP contribution >= 0.6 is 11.8 Å². The number of benzene rings is 1. The third-order valence-electron chi connectivity index (χ3n) is 3.20. The number of carbonyl (C=O) groups excluding carboxylic acids is 2. The number of thioether (sulfide) groups is 1. The molecule has 130 valence electrons. The average molecular weight is 348 g/mol. The van der Waals surface area contributed by atoms with E-state index in [1.165, 1.54) is 11.8 Å². The average Bonchev–Trinajstić information content (AvgIpc) is 2.55. The third kappa shape index (κ3) is 7.16. The number of nitrogens with zero attached hydrogens (tertiary/aromatic N) is 1. The van der Waals surface area contributed by atoms with Crippen LogP contribution in [0.2, 0.25) is 0 Å². The fraction of sp³-hybridized carbons (Fsp3) is 0.500. The molecule has 2 unspecified atom stereocenters. The molecule has 6 heteroatoms. The van der Waals surface area contributed by atoms with Gasteiger partial charge in [0.1, 0.15) is 0 Å². The molecule has 1 N–H and O–H groups in total. The molecule has 0 fully saturated rings. The maximum atomic E-state index is 12.4. The summed E-state index contributed by atoms with van der Waals surface area (Å²) in [6.45, 7) is 6.51. The molecule has 0 aromatic heterocycles. The first-order chi connectivity index (χ1) is 11.5. The molecule has 0 aliphatic heterocycles. The number of hydrogen-bond donors (Lipinski definition) is 1. The quantitative estimate of drug-likeness (QED) is 0.399. The number of ether oxygens (including phenoxy) is 1. The van der Waals surface area contributed by atoms with E-state index < -0.39 is 17.1 Å². The van der Waals surface area contributed by atoms with Crippen LogP contribution < -0.4 is 5.32 Å². The van der Waals surface area contributed by atoms with Crippen molar-refractivity contribution in [3.63, 3.8) is 0 Å². The summed E-state index contributed by atoms with van der Waals surface area (Å²) in [5, 5.41) is 11.4. The van der Waals surface area contributed by atoms with Crippen molar-refractivity contribution in [3.8, 4) is 6.07 Å². The highest BCUT2D eigenvalue weighted by Crippen LogP contribution is 2.25. The lowest BCUT2D eigenvalue weighted by Crippen LogP contribution is -2.38. The summed E-state index contributed by atoms with van der Waals surface area (Å²) in [5.74, 6) is -2.18. The molecule has 0 saturated carbocycles. The van der Waals surface area contributed by atoms with E-state index in [9.17, 15) is 14.9 Å². The molecular formula is C18H24N2O3S. The van der Waals surface area contributed by atoms with Gasteiger partial charge in [0, 0.05) is 18.0 Å². The molecule has 0 aliphatic rings. The van der Waals surface area contributed by atoms with Crippen molar-refractivity contribution in [3.05, 3.63) is 30.3 Å². The topological polar surface area (TPSA) is 79.2 Å². The Hall–Kier alpha value is -1.84. The smallest absolute Gasteiger partial charge is 0.245 e. The van der Waals surface area contributed by atoms with Crippen LogP contribution in [0.15, 0.2) is 35.2 Å². The van der Waals surface area contributed by atoms with Gasteiger partial charge in [-0.3, -0.25) is 9.59 Å². The predicted molar refractivity (Wildman–Crippen MR) is 94.6 cm³/mol. The Morgan fingerprint density at radius 1 is 1.25 bits per heavy atom. The van der Waals surface area contributed by atoms with Gasteiger partial charge >= 0.3 is 0 Å². The van der Waals surface area contributed by atoms with Crippen LogP contribution in [0.1, 0.15) is 27.2 Å². The Balaban J connectivity index is 2.47. The normalized spacial score (nSPS) is 13.1. The molecule has 0 bridgehead atoms. The zero-order chi connectivity index (χ0) is 17.9. The van der Waals surface area contributed by atoms with Crippen molar-refractivity contribution in [2.75, 3.05) is 13.2 Å². The lowest BCUT2D eigenvalue weighted by atomic mass is 10.0. The van der Waals surface area contributed by atoms with Gasteiger partial charge in [0.2, 0.25) is 5.91 Å². The first-order valence-corrected chi connectivity index (χ1v) is 8.88. The molecule has 2 atom stereocenters. The van der Waals surface area contributed by atoms with Gasteiger partial charge in [-0.25, -0.2) is 0 Å². The molecule has 1 aromatic carbocycles. The van der Waals surface area contributed by atoms with E-state index in [0.717, 1.165) is 4.90 Å². The highest BCUT2D eigenvalue weighted by atomic mass is 32.2. The second-order valence-electron chi connectivity index (χ2n) is 5.60. The van der Waals surface area contributed by atoms with E-state index in [1.54, 1.807) is 6.92 Å². The summed E-state index contributed by atoms with van der Waals surface area (Å²) < 4.78 is 5.38. The number of carbonyl (C=O) groups is 2. The van der Waals surface area contributed by atoms with Crippen molar-refractivity contribution >= 4 is 23.5 Å². The van der Waals surface area contributed by atoms with Gasteiger partial charge in [-0.15, -0.1) is 11.8 Å². The molecule has 24 heavy (non-hydrogen) atoms. The first-order valence-electron chi connectivity index (χ1n) is 8.00. The maximum Gasteiger partial charge on any atom is 0.245 e. The standard InChI is InChI=1S/C18H24N2O3S/c1-13(2)23-11-7-10-20-18(22)16(12-19)17(21)14(3)24-15-8-5-4-6-9-15/h4-6,8-9,13-14,16H,7,10-11H2,1-3H3,(H,20,22). The molecule has 0 saturated heterocycles. The monoisotopic (exact) mass is 348 g/mol. The number of rotatable bonds is 10. The second-order valence-corrected chi connectivity index (χ2v) is 7.02. The van der Waals surface area contributed by atoms with Gasteiger partial charge < -0.3 is 10.1 Å². The zero-order valence-corrected chi connectivity index (χ0v) is 15.1. The highest BCUT2D eigenvalue weighted by Gasteiger charge is 2.30. The Labute approximate surface area is 147 Å². The summed E-state index contributed by atoms with van der Waals surface area (Å²) in [5.41, 5.74) is 0. The van der Waals surface area contributed by atoms with Gasteiger partial charge in [-0.05, 0) is 39.3 Å². The van der Waals surface area contributed by atoms with Crippen molar-refractivity contribution in [2.24, 2.45) is 5.92 Å². The van der Waals surface area contributed by atoms with E-state index in [1.807, 2.05) is 50.2 Å². The minimum absolute atomic E-state index is 0.144. The Bertz CT molecular complexity index is 569.